The van der Waals surface area contributed by atoms with Gasteiger partial charge in [-0.25, -0.2) is 0 Å². The van der Waals surface area contributed by atoms with E-state index in [2.05, 4.69) is 25.1 Å². The molecule has 0 aromatic rings. The standard InChI is InChI=1S/C5H12N2OSe/c1-5(2,3)9-7-4(6)8/h1-3H3,(H3,6,7,8). The molecule has 0 heterocycles. The monoisotopic (exact) mass is 196 g/mol. The zero-order valence-electron chi connectivity index (χ0n) is 5.89. The van der Waals surface area contributed by atoms with Gasteiger partial charge in [0.1, 0.15) is 0 Å². The van der Waals surface area contributed by atoms with Crippen LogP contribution in [0.5, 0.6) is 0 Å². The minimum atomic E-state index is -0.426. The number of carbonyl (C=O) groups excluding carboxylic acids is 1. The van der Waals surface area contributed by atoms with E-state index in [1.807, 2.05) is 0 Å². The third-order valence-electron chi connectivity index (χ3n) is 0.458. The van der Waals surface area contributed by atoms with Gasteiger partial charge in [-0.1, -0.05) is 0 Å². The summed E-state index contributed by atoms with van der Waals surface area (Å²) in [6, 6.07) is -0.426. The summed E-state index contributed by atoms with van der Waals surface area (Å²) in [7, 11) is 0. The van der Waals surface area contributed by atoms with Gasteiger partial charge in [0.05, 0.1) is 0 Å². The third kappa shape index (κ3) is 7.79. The Hall–Kier alpha value is -0.211. The molecule has 0 saturated heterocycles. The maximum atomic E-state index is 10.2. The fraction of sp³-hybridized carbons (Fsp3) is 0.800. The molecule has 0 fully saturated rings. The first kappa shape index (κ1) is 8.79. The van der Waals surface area contributed by atoms with Crippen molar-refractivity contribution in [3.05, 3.63) is 0 Å². The number of amides is 2. The van der Waals surface area contributed by atoms with Crippen molar-refractivity contribution >= 4 is 21.2 Å². The van der Waals surface area contributed by atoms with E-state index < -0.39 is 6.03 Å². The molecule has 2 amide bonds. The van der Waals surface area contributed by atoms with Crippen LogP contribution >= 0.6 is 0 Å². The van der Waals surface area contributed by atoms with E-state index in [1.165, 1.54) is 0 Å². The second-order valence-corrected chi connectivity index (χ2v) is 6.11. The van der Waals surface area contributed by atoms with Gasteiger partial charge >= 0.3 is 61.2 Å². The fourth-order valence-electron chi connectivity index (χ4n) is 0.203. The van der Waals surface area contributed by atoms with Crippen LogP contribution in [0.2, 0.25) is 4.31 Å². The van der Waals surface area contributed by atoms with Gasteiger partial charge in [0, 0.05) is 0 Å². The van der Waals surface area contributed by atoms with Crippen LogP contribution in [0.3, 0.4) is 0 Å². The molecule has 0 aromatic heterocycles. The van der Waals surface area contributed by atoms with Crippen LogP contribution in [0.25, 0.3) is 0 Å². The molecule has 0 aliphatic heterocycles. The SMILES string of the molecule is CC(C)(C)[Se]NC(N)=O. The molecule has 0 rings (SSSR count). The van der Waals surface area contributed by atoms with Crippen LogP contribution in [0.4, 0.5) is 4.79 Å². The Labute approximate surface area is 61.7 Å². The zero-order chi connectivity index (χ0) is 7.49. The molecule has 0 aromatic carbocycles. The van der Waals surface area contributed by atoms with E-state index >= 15 is 0 Å². The quantitative estimate of drug-likeness (QED) is 0.588. The molecule has 54 valence electrons. The van der Waals surface area contributed by atoms with E-state index in [1.54, 1.807) is 0 Å². The Bertz CT molecular complexity index is 108. The molecule has 0 atom stereocenters. The summed E-state index contributed by atoms with van der Waals surface area (Å²) in [5.41, 5.74) is 4.87. The topological polar surface area (TPSA) is 55.1 Å². The second kappa shape index (κ2) is 3.08. The van der Waals surface area contributed by atoms with Crippen LogP contribution in [0.15, 0.2) is 0 Å². The molecule has 3 N–H and O–H groups in total. The van der Waals surface area contributed by atoms with E-state index in [0.717, 1.165) is 0 Å². The molecule has 4 heteroatoms. The summed E-state index contributed by atoms with van der Waals surface area (Å²) in [5.74, 6) is 0. The summed E-state index contributed by atoms with van der Waals surface area (Å²) >= 11 is 0.110. The van der Waals surface area contributed by atoms with Crippen molar-refractivity contribution in [2.24, 2.45) is 5.73 Å². The summed E-state index contributed by atoms with van der Waals surface area (Å²) < 4.78 is 2.77. The van der Waals surface area contributed by atoms with Gasteiger partial charge in [0.25, 0.3) is 0 Å². The summed E-state index contributed by atoms with van der Waals surface area (Å²) in [4.78, 5) is 10.2. The Kier molecular flexibility index (Phi) is 3.01. The van der Waals surface area contributed by atoms with E-state index in [9.17, 15) is 4.79 Å². The van der Waals surface area contributed by atoms with E-state index in [0.29, 0.717) is 0 Å². The summed E-state index contributed by atoms with van der Waals surface area (Å²) in [6.07, 6.45) is 0. The number of primary amides is 1. The number of nitrogens with two attached hydrogens (primary N) is 1. The number of hydrogen-bond acceptors (Lipinski definition) is 1. The van der Waals surface area contributed by atoms with Crippen molar-refractivity contribution < 1.29 is 4.79 Å². The Morgan fingerprint density at radius 3 is 2.11 bits per heavy atom. The van der Waals surface area contributed by atoms with Gasteiger partial charge in [0.15, 0.2) is 0 Å². The Morgan fingerprint density at radius 1 is 1.56 bits per heavy atom. The zero-order valence-corrected chi connectivity index (χ0v) is 7.61. The van der Waals surface area contributed by atoms with Crippen LogP contribution in [-0.4, -0.2) is 21.2 Å². The molecule has 0 saturated carbocycles. The minimum absolute atomic E-state index is 0.110. The van der Waals surface area contributed by atoms with Crippen LogP contribution in [0, 0.1) is 0 Å². The summed E-state index contributed by atoms with van der Waals surface area (Å²) in [5, 5.41) is 0. The van der Waals surface area contributed by atoms with Gasteiger partial charge in [-0.3, -0.25) is 0 Å². The fourth-order valence-corrected chi connectivity index (χ4v) is 1.06. The normalized spacial score (nSPS) is 11.0. The van der Waals surface area contributed by atoms with Gasteiger partial charge in [0.2, 0.25) is 0 Å². The van der Waals surface area contributed by atoms with Crippen molar-refractivity contribution in [1.29, 1.82) is 0 Å². The molecule has 0 aliphatic carbocycles. The average molecular weight is 195 g/mol. The average Bonchev–Trinajstić information content (AvgIpc) is 1.59. The number of rotatable bonds is 1. The molecular weight excluding hydrogens is 183 g/mol. The first-order valence-electron chi connectivity index (χ1n) is 2.65. The number of carbonyl (C=O) groups is 1. The van der Waals surface area contributed by atoms with Crippen LogP contribution in [-0.2, 0) is 0 Å². The Morgan fingerprint density at radius 2 is 2.00 bits per heavy atom. The molecule has 9 heavy (non-hydrogen) atoms. The van der Waals surface area contributed by atoms with Crippen molar-refractivity contribution in [3.8, 4) is 0 Å². The molecule has 3 nitrogen and oxygen atoms in total. The van der Waals surface area contributed by atoms with Gasteiger partial charge in [-0.2, -0.15) is 0 Å². The second-order valence-electron chi connectivity index (χ2n) is 2.68. The molecule has 0 unspecified atom stereocenters. The third-order valence-corrected chi connectivity index (χ3v) is 2.38. The molecule has 0 aliphatic rings. The predicted octanol–water partition coefficient (Wildman–Crippen LogP) is 0.492. The van der Waals surface area contributed by atoms with Gasteiger partial charge in [-0.05, 0) is 0 Å². The Balaban J connectivity index is 3.39. The molecule has 0 radical (unpaired) electrons. The van der Waals surface area contributed by atoms with E-state index in [4.69, 9.17) is 5.73 Å². The van der Waals surface area contributed by atoms with Crippen molar-refractivity contribution in [1.82, 2.24) is 4.33 Å². The first-order valence-corrected chi connectivity index (χ1v) is 4.36. The summed E-state index contributed by atoms with van der Waals surface area (Å²) in [6.45, 7) is 6.18. The van der Waals surface area contributed by atoms with Gasteiger partial charge < -0.3 is 0 Å². The van der Waals surface area contributed by atoms with E-state index in [-0.39, 0.29) is 19.5 Å². The van der Waals surface area contributed by atoms with Crippen LogP contribution in [0.1, 0.15) is 20.8 Å². The maximum absolute atomic E-state index is 10.2. The predicted molar refractivity (Wildman–Crippen MR) is 38.2 cm³/mol. The first-order chi connectivity index (χ1) is 3.92. The van der Waals surface area contributed by atoms with Crippen molar-refractivity contribution in [2.45, 2.75) is 25.1 Å². The van der Waals surface area contributed by atoms with Crippen molar-refractivity contribution in [2.75, 3.05) is 0 Å². The molecular formula is C5H12N2OSe. The molecule has 0 bridgehead atoms. The van der Waals surface area contributed by atoms with Crippen molar-refractivity contribution in [3.63, 3.8) is 0 Å². The molecule has 0 spiro atoms. The number of hydrogen-bond donors (Lipinski definition) is 2. The van der Waals surface area contributed by atoms with Gasteiger partial charge in [-0.15, -0.1) is 0 Å². The van der Waals surface area contributed by atoms with Crippen LogP contribution < -0.4 is 10.1 Å². The number of urea groups is 1. The number of nitrogens with one attached hydrogen (secondary N) is 1.